The summed E-state index contributed by atoms with van der Waals surface area (Å²) in [6.07, 6.45) is 1.59. The van der Waals surface area contributed by atoms with Gasteiger partial charge in [-0.2, -0.15) is 0 Å². The van der Waals surface area contributed by atoms with E-state index in [2.05, 4.69) is 10.3 Å². The summed E-state index contributed by atoms with van der Waals surface area (Å²) < 4.78 is 5.75. The first-order chi connectivity index (χ1) is 14.0. The van der Waals surface area contributed by atoms with Gasteiger partial charge in [0.05, 0.1) is 21.2 Å². The second-order valence-electron chi connectivity index (χ2n) is 5.99. The van der Waals surface area contributed by atoms with E-state index in [9.17, 15) is 14.7 Å². The average molecular weight is 425 g/mol. The number of aliphatic imine (C=N–C) groups is 1. The Hall–Kier alpha value is -3.29. The molecule has 2 aromatic carbocycles. The van der Waals surface area contributed by atoms with Crippen molar-refractivity contribution in [2.45, 2.75) is 0 Å². The summed E-state index contributed by atoms with van der Waals surface area (Å²) in [7, 11) is 0. The number of nitrogens with one attached hydrogen (secondary N) is 1. The van der Waals surface area contributed by atoms with Gasteiger partial charge in [-0.1, -0.05) is 41.9 Å². The van der Waals surface area contributed by atoms with Crippen molar-refractivity contribution in [1.29, 1.82) is 0 Å². The summed E-state index contributed by atoms with van der Waals surface area (Å²) >= 11 is 7.27. The van der Waals surface area contributed by atoms with Crippen LogP contribution in [0.5, 0.6) is 0 Å². The topological polar surface area (TPSA) is 91.9 Å². The number of hydrogen-bond donors (Lipinski definition) is 2. The molecule has 2 N–H and O–H groups in total. The molecule has 0 saturated carbocycles. The molecule has 4 rings (SSSR count). The normalized spacial score (nSPS) is 16.4. The predicted molar refractivity (Wildman–Crippen MR) is 113 cm³/mol. The maximum absolute atomic E-state index is 12.3. The van der Waals surface area contributed by atoms with Gasteiger partial charge in [-0.25, -0.2) is 9.79 Å². The van der Waals surface area contributed by atoms with Crippen molar-refractivity contribution in [3.63, 3.8) is 0 Å². The summed E-state index contributed by atoms with van der Waals surface area (Å²) in [4.78, 5) is 28.4. The molecule has 2 heterocycles. The zero-order valence-electron chi connectivity index (χ0n) is 14.8. The SMILES string of the molecule is O=C1NC(=Nc2ccccc2Cl)S/C1=C/c1ccc(-c2ccccc2C(=O)O)o1. The summed E-state index contributed by atoms with van der Waals surface area (Å²) in [5.41, 5.74) is 1.17. The maximum atomic E-state index is 12.3. The van der Waals surface area contributed by atoms with Gasteiger partial charge >= 0.3 is 5.97 Å². The van der Waals surface area contributed by atoms with E-state index < -0.39 is 5.97 Å². The molecule has 0 aliphatic carbocycles. The van der Waals surface area contributed by atoms with Gasteiger partial charge in [-0.05, 0) is 42.1 Å². The molecular formula is C21H13ClN2O4S. The van der Waals surface area contributed by atoms with Crippen molar-refractivity contribution >= 4 is 52.2 Å². The molecule has 1 aliphatic heterocycles. The Morgan fingerprint density at radius 1 is 1.10 bits per heavy atom. The minimum absolute atomic E-state index is 0.142. The number of amides is 1. The number of amidine groups is 1. The average Bonchev–Trinajstić information content (AvgIpc) is 3.30. The Bertz CT molecular complexity index is 1180. The van der Waals surface area contributed by atoms with Gasteiger partial charge in [-0.3, -0.25) is 4.79 Å². The van der Waals surface area contributed by atoms with E-state index >= 15 is 0 Å². The van der Waals surface area contributed by atoms with Crippen molar-refractivity contribution in [2.75, 3.05) is 0 Å². The quantitative estimate of drug-likeness (QED) is 0.562. The van der Waals surface area contributed by atoms with Crippen LogP contribution in [0.2, 0.25) is 5.02 Å². The van der Waals surface area contributed by atoms with Crippen LogP contribution in [0.15, 0.2) is 75.0 Å². The van der Waals surface area contributed by atoms with E-state index in [4.69, 9.17) is 16.0 Å². The van der Waals surface area contributed by atoms with E-state index in [0.717, 1.165) is 0 Å². The molecule has 3 aromatic rings. The number of carboxylic acids is 1. The Labute approximate surface area is 174 Å². The summed E-state index contributed by atoms with van der Waals surface area (Å²) in [6, 6.07) is 17.0. The zero-order chi connectivity index (χ0) is 20.4. The number of rotatable bonds is 4. The second-order valence-corrected chi connectivity index (χ2v) is 7.42. The molecule has 1 aromatic heterocycles. The lowest BCUT2D eigenvalue weighted by Gasteiger charge is -2.02. The van der Waals surface area contributed by atoms with E-state index in [0.29, 0.717) is 37.9 Å². The van der Waals surface area contributed by atoms with Crippen molar-refractivity contribution in [1.82, 2.24) is 5.32 Å². The van der Waals surface area contributed by atoms with Crippen molar-refractivity contribution in [3.8, 4) is 11.3 Å². The van der Waals surface area contributed by atoms with Gasteiger partial charge < -0.3 is 14.8 Å². The fraction of sp³-hybridized carbons (Fsp3) is 0. The molecule has 1 amide bonds. The van der Waals surface area contributed by atoms with Gasteiger partial charge in [0.1, 0.15) is 11.5 Å². The van der Waals surface area contributed by atoms with Gasteiger partial charge in [0, 0.05) is 11.6 Å². The number of carbonyl (C=O) groups is 2. The molecule has 0 bridgehead atoms. The number of halogens is 1. The standard InChI is InChI=1S/C21H13ClN2O4S/c22-15-7-3-4-8-16(15)23-21-24-19(25)18(29-21)11-12-9-10-17(28-12)13-5-1-2-6-14(13)20(26)27/h1-11H,(H,26,27)(H,23,24,25)/b18-11+. The van der Waals surface area contributed by atoms with Gasteiger partial charge in [0.2, 0.25) is 0 Å². The van der Waals surface area contributed by atoms with Crippen LogP contribution in [0.3, 0.4) is 0 Å². The fourth-order valence-corrected chi connectivity index (χ4v) is 3.71. The molecule has 8 heteroatoms. The molecule has 0 atom stereocenters. The number of aromatic carboxylic acids is 1. The minimum atomic E-state index is -1.04. The van der Waals surface area contributed by atoms with Crippen LogP contribution in [0, 0.1) is 0 Å². The largest absolute Gasteiger partial charge is 0.478 e. The molecule has 1 aliphatic rings. The van der Waals surface area contributed by atoms with Crippen molar-refractivity contribution < 1.29 is 19.1 Å². The van der Waals surface area contributed by atoms with Crippen LogP contribution in [0.1, 0.15) is 16.1 Å². The number of hydrogen-bond acceptors (Lipinski definition) is 5. The third kappa shape index (κ3) is 4.11. The highest BCUT2D eigenvalue weighted by Crippen LogP contribution is 2.32. The third-order valence-electron chi connectivity index (χ3n) is 4.05. The van der Waals surface area contributed by atoms with Crippen LogP contribution in [0.25, 0.3) is 17.4 Å². The second kappa shape index (κ2) is 7.98. The minimum Gasteiger partial charge on any atom is -0.478 e. The number of benzene rings is 2. The van der Waals surface area contributed by atoms with Crippen molar-refractivity contribution in [2.24, 2.45) is 4.99 Å². The highest BCUT2D eigenvalue weighted by Gasteiger charge is 2.24. The smallest absolute Gasteiger partial charge is 0.336 e. The monoisotopic (exact) mass is 424 g/mol. The molecule has 0 spiro atoms. The third-order valence-corrected chi connectivity index (χ3v) is 5.28. The molecule has 144 valence electrons. The molecule has 0 unspecified atom stereocenters. The Kier molecular flexibility index (Phi) is 5.24. The number of carboxylic acid groups (broad SMARTS) is 1. The fourth-order valence-electron chi connectivity index (χ4n) is 2.72. The molecular weight excluding hydrogens is 412 g/mol. The number of furan rings is 1. The van der Waals surface area contributed by atoms with E-state index in [1.54, 1.807) is 54.6 Å². The van der Waals surface area contributed by atoms with E-state index in [1.165, 1.54) is 17.8 Å². The zero-order valence-corrected chi connectivity index (χ0v) is 16.3. The number of carbonyl (C=O) groups excluding carboxylic acids is 1. The highest BCUT2D eigenvalue weighted by molar-refractivity contribution is 8.18. The first-order valence-corrected chi connectivity index (χ1v) is 9.67. The molecule has 0 radical (unpaired) electrons. The van der Waals surface area contributed by atoms with Crippen LogP contribution in [0.4, 0.5) is 5.69 Å². The Morgan fingerprint density at radius 3 is 2.66 bits per heavy atom. The van der Waals surface area contributed by atoms with Gasteiger partial charge in [-0.15, -0.1) is 0 Å². The lowest BCUT2D eigenvalue weighted by Crippen LogP contribution is -2.19. The van der Waals surface area contributed by atoms with Crippen LogP contribution < -0.4 is 5.32 Å². The number of thioether (sulfide) groups is 1. The lowest BCUT2D eigenvalue weighted by atomic mass is 10.1. The molecule has 29 heavy (non-hydrogen) atoms. The predicted octanol–water partition coefficient (Wildman–Crippen LogP) is 5.19. The Balaban J connectivity index is 1.59. The first kappa shape index (κ1) is 19.0. The van der Waals surface area contributed by atoms with E-state index in [1.807, 2.05) is 6.07 Å². The van der Waals surface area contributed by atoms with Crippen LogP contribution in [-0.2, 0) is 4.79 Å². The maximum Gasteiger partial charge on any atom is 0.336 e. The van der Waals surface area contributed by atoms with Crippen molar-refractivity contribution in [3.05, 3.63) is 81.9 Å². The van der Waals surface area contributed by atoms with E-state index in [-0.39, 0.29) is 11.5 Å². The molecule has 6 nitrogen and oxygen atoms in total. The highest BCUT2D eigenvalue weighted by atomic mass is 35.5. The van der Waals surface area contributed by atoms with Crippen LogP contribution >= 0.6 is 23.4 Å². The number of para-hydroxylation sites is 1. The van der Waals surface area contributed by atoms with Gasteiger partial charge in [0.15, 0.2) is 5.17 Å². The Morgan fingerprint density at radius 2 is 1.86 bits per heavy atom. The molecule has 1 fully saturated rings. The summed E-state index contributed by atoms with van der Waals surface area (Å²) in [6.45, 7) is 0. The number of nitrogens with zero attached hydrogens (tertiary/aromatic N) is 1. The summed E-state index contributed by atoms with van der Waals surface area (Å²) in [5.74, 6) is -0.507. The van der Waals surface area contributed by atoms with Gasteiger partial charge in [0.25, 0.3) is 5.91 Å². The lowest BCUT2D eigenvalue weighted by molar-refractivity contribution is -0.115. The van der Waals surface area contributed by atoms with Crippen LogP contribution in [-0.4, -0.2) is 22.2 Å². The first-order valence-electron chi connectivity index (χ1n) is 8.48. The molecule has 1 saturated heterocycles. The summed E-state index contributed by atoms with van der Waals surface area (Å²) in [5, 5.41) is 12.9.